The van der Waals surface area contributed by atoms with Gasteiger partial charge >= 0.3 is 0 Å². The maximum Gasteiger partial charge on any atom is 0.162 e. The third-order valence-electron chi connectivity index (χ3n) is 9.95. The number of ketones is 1. The molecule has 1 aliphatic carbocycles. The van der Waals surface area contributed by atoms with Crippen LogP contribution in [0.3, 0.4) is 0 Å². The first kappa shape index (κ1) is 37.6. The fourth-order valence-corrected chi connectivity index (χ4v) is 6.98. The van der Waals surface area contributed by atoms with Crippen LogP contribution in [0.5, 0.6) is 0 Å². The molecule has 2 aromatic heterocycles. The Kier molecular flexibility index (Phi) is 13.7. The number of nitrogens with zero attached hydrogens (tertiary/aromatic N) is 2. The summed E-state index contributed by atoms with van der Waals surface area (Å²) in [7, 11) is 0. The van der Waals surface area contributed by atoms with E-state index in [1.54, 1.807) is 0 Å². The quantitative estimate of drug-likeness (QED) is 0.0793. The van der Waals surface area contributed by atoms with E-state index in [0.717, 1.165) is 53.4 Å². The number of aromatic nitrogens is 2. The number of hydrogen-bond donors (Lipinski definition) is 1. The molecule has 5 rings (SSSR count). The van der Waals surface area contributed by atoms with E-state index in [9.17, 15) is 9.90 Å². The van der Waals surface area contributed by atoms with Gasteiger partial charge in [0.25, 0.3) is 0 Å². The van der Waals surface area contributed by atoms with Crippen molar-refractivity contribution in [2.24, 2.45) is 17.3 Å². The number of carbonyl (C=O) groups is 1. The van der Waals surface area contributed by atoms with Gasteiger partial charge in [-0.1, -0.05) is 67.5 Å². The molecule has 2 heterocycles. The van der Waals surface area contributed by atoms with Crippen molar-refractivity contribution < 1.29 is 30.0 Å². The summed E-state index contributed by atoms with van der Waals surface area (Å²) in [5, 5.41) is 13.4. The van der Waals surface area contributed by atoms with Gasteiger partial charge in [-0.15, -0.1) is 34.9 Å². The van der Waals surface area contributed by atoms with E-state index < -0.39 is 0 Å². The first-order chi connectivity index (χ1) is 21.5. The van der Waals surface area contributed by atoms with Gasteiger partial charge in [0.1, 0.15) is 0 Å². The third-order valence-corrected chi connectivity index (χ3v) is 9.95. The molecule has 1 N–H and O–H groups in total. The molecular formula is C41H53IrN2O2-. The maximum absolute atomic E-state index is 11.7. The third kappa shape index (κ3) is 8.92. The average Bonchev–Trinajstić information content (AvgIpc) is 3.01. The number of aliphatic hydroxyl groups excluding tert-OH is 1. The summed E-state index contributed by atoms with van der Waals surface area (Å²) in [5.41, 5.74) is 7.48. The van der Waals surface area contributed by atoms with Gasteiger partial charge in [-0.3, -0.25) is 9.78 Å². The Morgan fingerprint density at radius 3 is 2.11 bits per heavy atom. The normalized spacial score (nSPS) is 15.1. The topological polar surface area (TPSA) is 63.1 Å². The van der Waals surface area contributed by atoms with E-state index in [2.05, 4.69) is 70.2 Å². The molecule has 5 heteroatoms. The van der Waals surface area contributed by atoms with Crippen LogP contribution < -0.4 is 0 Å². The first-order valence-electron chi connectivity index (χ1n) is 17.1. The van der Waals surface area contributed by atoms with Crippen LogP contribution in [0.15, 0.2) is 60.6 Å². The summed E-state index contributed by atoms with van der Waals surface area (Å²) in [6, 6.07) is 16.7. The Bertz CT molecular complexity index is 1620. The zero-order valence-corrected chi connectivity index (χ0v) is 31.6. The van der Waals surface area contributed by atoms with Gasteiger partial charge in [0, 0.05) is 61.2 Å². The Hall–Kier alpha value is -2.88. The maximum atomic E-state index is 11.7. The molecular weight excluding hydrogens is 745 g/mol. The molecule has 46 heavy (non-hydrogen) atoms. The molecule has 0 spiro atoms. The van der Waals surface area contributed by atoms with Gasteiger partial charge in [0.2, 0.25) is 0 Å². The van der Waals surface area contributed by atoms with Crippen molar-refractivity contribution in [2.45, 2.75) is 113 Å². The number of rotatable bonds is 9. The van der Waals surface area contributed by atoms with Crippen molar-refractivity contribution in [2.75, 3.05) is 0 Å². The van der Waals surface area contributed by atoms with Crippen LogP contribution in [0.2, 0.25) is 0 Å². The fourth-order valence-electron chi connectivity index (χ4n) is 6.98. The Morgan fingerprint density at radius 1 is 0.891 bits per heavy atom. The number of benzene rings is 2. The number of aliphatic hydroxyl groups is 1. The predicted molar refractivity (Wildman–Crippen MR) is 190 cm³/mol. The molecule has 0 bridgehead atoms. The van der Waals surface area contributed by atoms with Gasteiger partial charge < -0.3 is 10.1 Å². The second-order valence-electron chi connectivity index (χ2n) is 13.8. The Balaban J connectivity index is 0.000000309. The zero-order chi connectivity index (χ0) is 32.7. The standard InChI is InChI=1S/C28H29N2.C13H24O2.Ir/c1-18-15-19(2)17-21(16-18)26-24-6-5-23-22(20-7-11-28(3,4)12-8-20)9-13-30-27(23)25(24)10-14-29-26;1-5-10(6-2)12(14)9-13(15)11(7-3)8-4;/h5-6,9-10,13-16,20H,7-8,11-12H2,1-4H3;9-11,14H,5-8H2,1-4H3;/q-1;;/b;12-9-;. The number of fused-ring (bicyclic) bond motifs is 3. The van der Waals surface area contributed by atoms with Gasteiger partial charge in [-0.2, -0.15) is 0 Å². The molecule has 4 nitrogen and oxygen atoms in total. The van der Waals surface area contributed by atoms with E-state index in [1.807, 2.05) is 40.1 Å². The number of pyridine rings is 2. The summed E-state index contributed by atoms with van der Waals surface area (Å²) < 4.78 is 0. The molecule has 1 aliphatic rings. The van der Waals surface area contributed by atoms with Gasteiger partial charge in [0.15, 0.2) is 5.78 Å². The van der Waals surface area contributed by atoms with Crippen LogP contribution in [0.4, 0.5) is 0 Å². The van der Waals surface area contributed by atoms with E-state index in [4.69, 9.17) is 9.97 Å². The van der Waals surface area contributed by atoms with E-state index >= 15 is 0 Å². The van der Waals surface area contributed by atoms with Crippen molar-refractivity contribution >= 4 is 27.5 Å². The molecule has 0 atom stereocenters. The van der Waals surface area contributed by atoms with E-state index in [1.165, 1.54) is 53.7 Å². The molecule has 1 radical (unpaired) electrons. The molecule has 2 aromatic carbocycles. The van der Waals surface area contributed by atoms with Crippen molar-refractivity contribution in [1.29, 1.82) is 0 Å². The summed E-state index contributed by atoms with van der Waals surface area (Å²) in [4.78, 5) is 21.3. The van der Waals surface area contributed by atoms with E-state index in [0.29, 0.717) is 11.3 Å². The number of hydrogen-bond acceptors (Lipinski definition) is 4. The molecule has 1 fully saturated rings. The first-order valence-corrected chi connectivity index (χ1v) is 17.1. The van der Waals surface area contributed by atoms with E-state index in [-0.39, 0.29) is 43.5 Å². The molecule has 0 amide bonds. The summed E-state index contributed by atoms with van der Waals surface area (Å²) in [5.74, 6) is 1.18. The second-order valence-corrected chi connectivity index (χ2v) is 13.8. The predicted octanol–water partition coefficient (Wildman–Crippen LogP) is 11.4. The molecule has 249 valence electrons. The Labute approximate surface area is 290 Å². The molecule has 1 saturated carbocycles. The monoisotopic (exact) mass is 798 g/mol. The zero-order valence-electron chi connectivity index (χ0n) is 29.2. The van der Waals surface area contributed by atoms with Crippen molar-refractivity contribution in [1.82, 2.24) is 9.97 Å². The summed E-state index contributed by atoms with van der Waals surface area (Å²) in [6.07, 6.45) is 14.0. The SMILES string of the molecule is CCC(CC)C(=O)/C=C(\O)C(CC)CC.Cc1[c-]c(-c2nccc3c2ccc2c(C4CCC(C)(C)CC4)ccnc23)cc(C)c1.[Ir]. The minimum Gasteiger partial charge on any atom is -0.512 e. The molecule has 0 aliphatic heterocycles. The molecule has 0 unspecified atom stereocenters. The van der Waals surface area contributed by atoms with Gasteiger partial charge in [-0.05, 0) is 91.5 Å². The van der Waals surface area contributed by atoms with Crippen molar-refractivity contribution in [3.8, 4) is 11.3 Å². The minimum absolute atomic E-state index is 0. The average molecular weight is 798 g/mol. The molecule has 4 aromatic rings. The van der Waals surface area contributed by atoms with Gasteiger partial charge in [0.05, 0.1) is 11.3 Å². The number of carbonyl (C=O) groups excluding carboxylic acids is 1. The fraction of sp³-hybridized carbons (Fsp3) is 0.488. The van der Waals surface area contributed by atoms with Crippen LogP contribution in [-0.4, -0.2) is 20.9 Å². The smallest absolute Gasteiger partial charge is 0.162 e. The van der Waals surface area contributed by atoms with Crippen molar-refractivity contribution in [3.63, 3.8) is 0 Å². The van der Waals surface area contributed by atoms with Crippen molar-refractivity contribution in [3.05, 3.63) is 83.4 Å². The molecule has 0 saturated heterocycles. The second kappa shape index (κ2) is 16.8. The van der Waals surface area contributed by atoms with Crippen LogP contribution in [-0.2, 0) is 24.9 Å². The van der Waals surface area contributed by atoms with Crippen LogP contribution in [0, 0.1) is 37.2 Å². The number of aryl methyl sites for hydroxylation is 2. The minimum atomic E-state index is 0. The largest absolute Gasteiger partial charge is 0.512 e. The summed E-state index contributed by atoms with van der Waals surface area (Å²) in [6.45, 7) is 17.1. The van der Waals surface area contributed by atoms with Crippen LogP contribution in [0.25, 0.3) is 32.9 Å². The summed E-state index contributed by atoms with van der Waals surface area (Å²) >= 11 is 0. The van der Waals surface area contributed by atoms with Crippen LogP contribution in [0.1, 0.15) is 116 Å². The van der Waals surface area contributed by atoms with Gasteiger partial charge in [-0.25, -0.2) is 0 Å². The Morgan fingerprint density at radius 2 is 1.50 bits per heavy atom. The number of allylic oxidation sites excluding steroid dienone is 2. The van der Waals surface area contributed by atoms with Crippen LogP contribution >= 0.6 is 0 Å².